The summed E-state index contributed by atoms with van der Waals surface area (Å²) >= 11 is 8.75. The van der Waals surface area contributed by atoms with Crippen LogP contribution in [0.4, 0.5) is 0 Å². The maximum absolute atomic E-state index is 5.97. The molecule has 1 aromatic carbocycles. The Hall–Kier alpha value is -0.910. The van der Waals surface area contributed by atoms with E-state index in [2.05, 4.69) is 32.7 Å². The van der Waals surface area contributed by atoms with Crippen LogP contribution in [-0.4, -0.2) is 11.6 Å². The molecule has 22 heavy (non-hydrogen) atoms. The maximum Gasteiger partial charge on any atom is 0.155 e. The van der Waals surface area contributed by atoms with Crippen LogP contribution in [0.3, 0.4) is 0 Å². The number of halogens is 1. The number of rotatable bonds is 5. The van der Waals surface area contributed by atoms with Crippen LogP contribution in [-0.2, 0) is 0 Å². The molecule has 2 rings (SSSR count). The molecular formula is C16H20ClNO2S2. The van der Waals surface area contributed by atoms with E-state index < -0.39 is 0 Å². The second-order valence-corrected chi connectivity index (χ2v) is 8.91. The lowest BCUT2D eigenvalue weighted by Gasteiger charge is -2.20. The van der Waals surface area contributed by atoms with Gasteiger partial charge in [-0.3, -0.25) is 0 Å². The molecule has 0 radical (unpaired) electrons. The first-order valence-corrected chi connectivity index (χ1v) is 8.90. The summed E-state index contributed by atoms with van der Waals surface area (Å²) in [6.07, 6.45) is 0. The molecule has 0 atom stereocenters. The minimum Gasteiger partial charge on any atom is -0.492 e. The number of hydrogen-bond acceptors (Lipinski definition) is 5. The van der Waals surface area contributed by atoms with Crippen molar-refractivity contribution in [3.63, 3.8) is 0 Å². The van der Waals surface area contributed by atoms with Crippen molar-refractivity contribution in [3.8, 4) is 11.5 Å². The number of thiazole rings is 1. The van der Waals surface area contributed by atoms with Crippen LogP contribution in [0.15, 0.2) is 27.4 Å². The average Bonchev–Trinajstić information content (AvgIpc) is 2.75. The van der Waals surface area contributed by atoms with E-state index in [0.29, 0.717) is 12.4 Å². The van der Waals surface area contributed by atoms with Crippen molar-refractivity contribution in [2.24, 2.45) is 5.41 Å². The Morgan fingerprint density at radius 3 is 2.55 bits per heavy atom. The lowest BCUT2D eigenvalue weighted by Crippen LogP contribution is -2.17. The molecule has 0 aliphatic heterocycles. The summed E-state index contributed by atoms with van der Waals surface area (Å²) in [6.45, 7) is 11.1. The molecule has 120 valence electrons. The molecule has 0 spiro atoms. The minimum atomic E-state index is 0.0775. The standard InChI is InChI=1S/C16H20ClNO2S2/c1-10-11(2)21-15(18-10)22-14-7-6-12(20-17)8-13(14)19-9-16(3,4)5/h6-8H,9H2,1-5H3. The summed E-state index contributed by atoms with van der Waals surface area (Å²) < 4.78 is 11.8. The van der Waals surface area contributed by atoms with Crippen molar-refractivity contribution < 1.29 is 9.03 Å². The highest BCUT2D eigenvalue weighted by Gasteiger charge is 2.15. The summed E-state index contributed by atoms with van der Waals surface area (Å²) in [5.41, 5.74) is 1.15. The molecule has 6 heteroatoms. The molecule has 0 aliphatic rings. The fraction of sp³-hybridized carbons (Fsp3) is 0.438. The van der Waals surface area contributed by atoms with Gasteiger partial charge in [0, 0.05) is 10.9 Å². The molecule has 2 aromatic rings. The quantitative estimate of drug-likeness (QED) is 0.669. The zero-order chi connectivity index (χ0) is 16.3. The third-order valence-electron chi connectivity index (χ3n) is 2.87. The topological polar surface area (TPSA) is 31.4 Å². The van der Waals surface area contributed by atoms with E-state index in [4.69, 9.17) is 20.9 Å². The van der Waals surface area contributed by atoms with Gasteiger partial charge in [0.15, 0.2) is 4.34 Å². The molecule has 0 aliphatic carbocycles. The third kappa shape index (κ3) is 4.80. The molecule has 0 saturated carbocycles. The predicted octanol–water partition coefficient (Wildman–Crippen LogP) is 5.87. The summed E-state index contributed by atoms with van der Waals surface area (Å²) in [4.78, 5) is 6.81. The second kappa shape index (κ2) is 7.11. The average molecular weight is 358 g/mol. The zero-order valence-corrected chi connectivity index (χ0v) is 15.8. The molecule has 1 heterocycles. The van der Waals surface area contributed by atoms with Gasteiger partial charge in [0.25, 0.3) is 0 Å². The molecule has 0 unspecified atom stereocenters. The molecule has 0 fully saturated rings. The molecule has 0 saturated heterocycles. The van der Waals surface area contributed by atoms with Gasteiger partial charge in [-0.1, -0.05) is 32.5 Å². The van der Waals surface area contributed by atoms with Crippen LogP contribution < -0.4 is 9.03 Å². The van der Waals surface area contributed by atoms with Crippen molar-refractivity contribution in [1.29, 1.82) is 0 Å². The lowest BCUT2D eigenvalue weighted by atomic mass is 9.99. The maximum atomic E-state index is 5.97. The summed E-state index contributed by atoms with van der Waals surface area (Å²) in [7, 11) is 0. The first kappa shape index (κ1) is 17.4. The van der Waals surface area contributed by atoms with Crippen molar-refractivity contribution >= 4 is 35.0 Å². The van der Waals surface area contributed by atoms with Crippen LogP contribution in [0.2, 0.25) is 0 Å². The smallest absolute Gasteiger partial charge is 0.155 e. The van der Waals surface area contributed by atoms with Gasteiger partial charge in [0.2, 0.25) is 0 Å². The fourth-order valence-corrected chi connectivity index (χ4v) is 3.88. The van der Waals surface area contributed by atoms with E-state index in [-0.39, 0.29) is 5.41 Å². The monoisotopic (exact) mass is 357 g/mol. The van der Waals surface area contributed by atoms with E-state index >= 15 is 0 Å². The van der Waals surface area contributed by atoms with Gasteiger partial charge < -0.3 is 9.03 Å². The fourth-order valence-electron chi connectivity index (χ4n) is 1.61. The van der Waals surface area contributed by atoms with E-state index in [1.807, 2.05) is 25.1 Å². The van der Waals surface area contributed by atoms with Crippen LogP contribution in [0, 0.1) is 19.3 Å². The van der Waals surface area contributed by atoms with Gasteiger partial charge in [-0.15, -0.1) is 11.3 Å². The van der Waals surface area contributed by atoms with Crippen molar-refractivity contribution in [2.45, 2.75) is 43.9 Å². The molecule has 3 nitrogen and oxygen atoms in total. The highest BCUT2D eigenvalue weighted by atomic mass is 35.5. The van der Waals surface area contributed by atoms with Crippen LogP contribution in [0.1, 0.15) is 31.3 Å². The van der Waals surface area contributed by atoms with Crippen LogP contribution >= 0.6 is 35.0 Å². The number of ether oxygens (including phenoxy) is 1. The number of aromatic nitrogens is 1. The first-order chi connectivity index (χ1) is 10.3. The van der Waals surface area contributed by atoms with Crippen molar-refractivity contribution in [3.05, 3.63) is 28.8 Å². The number of aryl methyl sites for hydroxylation is 2. The Morgan fingerprint density at radius 2 is 2.00 bits per heavy atom. The van der Waals surface area contributed by atoms with Crippen molar-refractivity contribution in [2.75, 3.05) is 6.61 Å². The van der Waals surface area contributed by atoms with E-state index in [0.717, 1.165) is 20.7 Å². The van der Waals surface area contributed by atoms with Crippen molar-refractivity contribution in [1.82, 2.24) is 4.98 Å². The number of benzene rings is 1. The van der Waals surface area contributed by atoms with Crippen LogP contribution in [0.25, 0.3) is 0 Å². The molecule has 0 bridgehead atoms. The molecule has 0 N–H and O–H groups in total. The minimum absolute atomic E-state index is 0.0775. The molecular weight excluding hydrogens is 338 g/mol. The Morgan fingerprint density at radius 1 is 1.27 bits per heavy atom. The Kier molecular flexibility index (Phi) is 5.64. The van der Waals surface area contributed by atoms with E-state index in [1.165, 1.54) is 4.88 Å². The summed E-state index contributed by atoms with van der Waals surface area (Å²) in [5, 5.41) is 0. The number of hydrogen-bond donors (Lipinski definition) is 0. The van der Waals surface area contributed by atoms with Gasteiger partial charge in [-0.05, 0) is 31.4 Å². The lowest BCUT2D eigenvalue weighted by molar-refractivity contribution is 0.194. The van der Waals surface area contributed by atoms with Gasteiger partial charge in [0.05, 0.1) is 17.2 Å². The zero-order valence-electron chi connectivity index (χ0n) is 13.4. The van der Waals surface area contributed by atoms with E-state index in [1.54, 1.807) is 23.1 Å². The Bertz CT molecular complexity index is 631. The van der Waals surface area contributed by atoms with Gasteiger partial charge in [-0.2, -0.15) is 0 Å². The summed E-state index contributed by atoms with van der Waals surface area (Å²) in [5.74, 6) is 1.34. The third-order valence-corrected chi connectivity index (χ3v) is 5.24. The van der Waals surface area contributed by atoms with Gasteiger partial charge in [-0.25, -0.2) is 4.98 Å². The SMILES string of the molecule is Cc1nc(Sc2ccc(OCl)cc2OCC(C)(C)C)sc1C. The highest BCUT2D eigenvalue weighted by molar-refractivity contribution is 8.01. The number of nitrogens with zero attached hydrogens (tertiary/aromatic N) is 1. The first-order valence-electron chi connectivity index (χ1n) is 6.96. The largest absolute Gasteiger partial charge is 0.492 e. The second-order valence-electron chi connectivity index (χ2n) is 6.26. The molecule has 0 amide bonds. The summed E-state index contributed by atoms with van der Waals surface area (Å²) in [6, 6.07) is 5.59. The molecule has 1 aromatic heterocycles. The Balaban J connectivity index is 2.25. The van der Waals surface area contributed by atoms with Gasteiger partial charge in [0.1, 0.15) is 23.4 Å². The normalized spacial score (nSPS) is 11.5. The predicted molar refractivity (Wildman–Crippen MR) is 93.6 cm³/mol. The highest BCUT2D eigenvalue weighted by Crippen LogP contribution is 2.40. The Labute approximate surface area is 145 Å². The van der Waals surface area contributed by atoms with Gasteiger partial charge >= 0.3 is 0 Å². The van der Waals surface area contributed by atoms with Crippen LogP contribution in [0.5, 0.6) is 11.5 Å². The van der Waals surface area contributed by atoms with E-state index in [9.17, 15) is 0 Å².